The number of benzene rings is 1. The van der Waals surface area contributed by atoms with Gasteiger partial charge in [-0.3, -0.25) is 4.79 Å². The number of aliphatic carboxylic acids is 1. The van der Waals surface area contributed by atoms with E-state index in [0.717, 1.165) is 43.1 Å². The molecule has 0 aromatic heterocycles. The number of carbonyl (C=O) groups is 1. The third-order valence-electron chi connectivity index (χ3n) is 7.58. The van der Waals surface area contributed by atoms with Crippen molar-refractivity contribution in [3.63, 3.8) is 0 Å². The Morgan fingerprint density at radius 3 is 1.93 bits per heavy atom. The van der Waals surface area contributed by atoms with Crippen LogP contribution in [0.25, 0.3) is 0 Å². The summed E-state index contributed by atoms with van der Waals surface area (Å²) < 4.78 is 0. The van der Waals surface area contributed by atoms with Gasteiger partial charge in [-0.25, -0.2) is 0 Å². The van der Waals surface area contributed by atoms with E-state index in [-0.39, 0.29) is 0 Å². The number of hydrogen-bond donors (Lipinski definition) is 1. The zero-order valence-corrected chi connectivity index (χ0v) is 17.3. The maximum atomic E-state index is 12.2. The number of carboxylic acids is 1. The molecule has 152 valence electrons. The summed E-state index contributed by atoms with van der Waals surface area (Å²) in [6.07, 6.45) is 14.5. The molecule has 1 aromatic carbocycles. The molecule has 1 N–H and O–H groups in total. The van der Waals surface area contributed by atoms with Gasteiger partial charge in [0.15, 0.2) is 0 Å². The first-order valence-electron chi connectivity index (χ1n) is 11.3. The summed E-state index contributed by atoms with van der Waals surface area (Å²) in [5, 5.41) is 19.0. The van der Waals surface area contributed by atoms with Gasteiger partial charge < -0.3 is 5.11 Å². The van der Waals surface area contributed by atoms with Crippen LogP contribution in [0, 0.1) is 29.1 Å². The minimum absolute atomic E-state index is 0.589. The average molecular weight is 382 g/mol. The lowest BCUT2D eigenvalue weighted by Gasteiger charge is -2.38. The molecule has 1 aromatic rings. The summed E-state index contributed by atoms with van der Waals surface area (Å²) >= 11 is 0. The van der Waals surface area contributed by atoms with Gasteiger partial charge in [-0.1, -0.05) is 70.4 Å². The molecule has 0 unspecified atom stereocenters. The molecule has 0 atom stereocenters. The highest BCUT2D eigenvalue weighted by Crippen LogP contribution is 2.44. The molecule has 3 nitrogen and oxygen atoms in total. The molecular formula is C25H35NO2. The van der Waals surface area contributed by atoms with Crippen LogP contribution in [0.3, 0.4) is 0 Å². The number of nitrogens with zero attached hydrogens (tertiary/aromatic N) is 1. The molecule has 0 aliphatic heterocycles. The fourth-order valence-corrected chi connectivity index (χ4v) is 5.64. The second kappa shape index (κ2) is 9.59. The van der Waals surface area contributed by atoms with E-state index >= 15 is 0 Å². The molecule has 0 spiro atoms. The van der Waals surface area contributed by atoms with Crippen molar-refractivity contribution < 1.29 is 9.90 Å². The Hall–Kier alpha value is -1.82. The van der Waals surface area contributed by atoms with E-state index in [1.165, 1.54) is 51.4 Å². The average Bonchev–Trinajstić information content (AvgIpc) is 2.74. The van der Waals surface area contributed by atoms with Crippen LogP contribution in [0.5, 0.6) is 0 Å². The van der Waals surface area contributed by atoms with Gasteiger partial charge in [-0.2, -0.15) is 5.26 Å². The van der Waals surface area contributed by atoms with Crippen LogP contribution in [-0.4, -0.2) is 11.1 Å². The molecule has 0 amide bonds. The van der Waals surface area contributed by atoms with Crippen LogP contribution >= 0.6 is 0 Å². The molecular weight excluding hydrogens is 346 g/mol. The van der Waals surface area contributed by atoms with Crippen molar-refractivity contribution in [3.8, 4) is 6.07 Å². The zero-order chi connectivity index (χ0) is 20.0. The second-order valence-corrected chi connectivity index (χ2v) is 9.27. The number of hydrogen-bond acceptors (Lipinski definition) is 2. The number of rotatable bonds is 7. The quantitative estimate of drug-likeness (QED) is 0.590. The van der Waals surface area contributed by atoms with Crippen LogP contribution in [0.2, 0.25) is 0 Å². The van der Waals surface area contributed by atoms with Crippen LogP contribution in [0.4, 0.5) is 0 Å². The minimum Gasteiger partial charge on any atom is -0.481 e. The molecule has 3 rings (SSSR count). The SMILES string of the molecule is CCC[C@H]1CC[C@H](CCC2CCC(C(=O)O)(c3ccc(C#N)cc3)CC2)CC1. The Morgan fingerprint density at radius 1 is 0.964 bits per heavy atom. The summed E-state index contributed by atoms with van der Waals surface area (Å²) in [6.45, 7) is 2.30. The van der Waals surface area contributed by atoms with E-state index in [9.17, 15) is 9.90 Å². The summed E-state index contributed by atoms with van der Waals surface area (Å²) in [7, 11) is 0. The van der Waals surface area contributed by atoms with E-state index < -0.39 is 11.4 Å². The maximum absolute atomic E-state index is 12.2. The van der Waals surface area contributed by atoms with Crippen molar-refractivity contribution in [1.29, 1.82) is 5.26 Å². The van der Waals surface area contributed by atoms with E-state index in [2.05, 4.69) is 13.0 Å². The Morgan fingerprint density at radius 2 is 1.46 bits per heavy atom. The molecule has 3 heteroatoms. The highest BCUT2D eigenvalue weighted by molar-refractivity contribution is 5.81. The van der Waals surface area contributed by atoms with Crippen LogP contribution in [0.15, 0.2) is 24.3 Å². The van der Waals surface area contributed by atoms with E-state index in [4.69, 9.17) is 5.26 Å². The second-order valence-electron chi connectivity index (χ2n) is 9.27. The molecule has 2 aliphatic rings. The largest absolute Gasteiger partial charge is 0.481 e. The van der Waals surface area contributed by atoms with Gasteiger partial charge in [0.2, 0.25) is 0 Å². The minimum atomic E-state index is -0.761. The first-order chi connectivity index (χ1) is 13.6. The van der Waals surface area contributed by atoms with Crippen molar-refractivity contribution in [2.75, 3.05) is 0 Å². The predicted octanol–water partition coefficient (Wildman–Crippen LogP) is 6.46. The van der Waals surface area contributed by atoms with Crippen molar-refractivity contribution in [2.24, 2.45) is 17.8 Å². The summed E-state index contributed by atoms with van der Waals surface area (Å²) in [5.41, 5.74) is 0.696. The van der Waals surface area contributed by atoms with Gasteiger partial charge in [-0.15, -0.1) is 0 Å². The predicted molar refractivity (Wildman–Crippen MR) is 112 cm³/mol. The van der Waals surface area contributed by atoms with Gasteiger partial charge in [0.25, 0.3) is 0 Å². The van der Waals surface area contributed by atoms with E-state index in [1.807, 2.05) is 12.1 Å². The fourth-order valence-electron chi connectivity index (χ4n) is 5.64. The van der Waals surface area contributed by atoms with Crippen LogP contribution in [0.1, 0.15) is 95.1 Å². The van der Waals surface area contributed by atoms with Crippen LogP contribution in [-0.2, 0) is 10.2 Å². The Labute approximate surface area is 170 Å². The van der Waals surface area contributed by atoms with Gasteiger partial charge in [0.1, 0.15) is 0 Å². The van der Waals surface area contributed by atoms with E-state index in [0.29, 0.717) is 11.5 Å². The lowest BCUT2D eigenvalue weighted by atomic mass is 9.65. The van der Waals surface area contributed by atoms with Crippen molar-refractivity contribution in [2.45, 2.75) is 89.4 Å². The van der Waals surface area contributed by atoms with Crippen molar-refractivity contribution in [3.05, 3.63) is 35.4 Å². The molecule has 0 saturated heterocycles. The highest BCUT2D eigenvalue weighted by Gasteiger charge is 2.43. The molecule has 0 bridgehead atoms. The monoisotopic (exact) mass is 381 g/mol. The molecule has 0 heterocycles. The summed E-state index contributed by atoms with van der Waals surface area (Å²) in [6, 6.07) is 9.32. The van der Waals surface area contributed by atoms with Gasteiger partial charge in [0.05, 0.1) is 17.0 Å². The molecule has 28 heavy (non-hydrogen) atoms. The first-order valence-corrected chi connectivity index (χ1v) is 11.3. The topological polar surface area (TPSA) is 61.1 Å². The summed E-state index contributed by atoms with van der Waals surface area (Å²) in [4.78, 5) is 12.2. The van der Waals surface area contributed by atoms with Gasteiger partial charge in [0, 0.05) is 0 Å². The van der Waals surface area contributed by atoms with Crippen molar-refractivity contribution >= 4 is 5.97 Å². The maximum Gasteiger partial charge on any atom is 0.314 e. The normalized spacial score (nSPS) is 30.5. The molecule has 2 saturated carbocycles. The summed E-state index contributed by atoms with van der Waals surface area (Å²) in [5.74, 6) is 1.85. The smallest absolute Gasteiger partial charge is 0.314 e. The molecule has 2 fully saturated rings. The van der Waals surface area contributed by atoms with Crippen molar-refractivity contribution in [1.82, 2.24) is 0 Å². The lowest BCUT2D eigenvalue weighted by Crippen LogP contribution is -2.39. The van der Waals surface area contributed by atoms with Gasteiger partial charge >= 0.3 is 5.97 Å². The zero-order valence-electron chi connectivity index (χ0n) is 17.3. The molecule has 0 radical (unpaired) electrons. The Kier molecular flexibility index (Phi) is 7.16. The standard InChI is InChI=1S/C25H35NO2/c1-2-3-19-4-6-20(7-5-19)8-9-21-14-16-25(17-15-21,24(27)28)23-12-10-22(18-26)11-13-23/h10-13,19-21H,2-9,14-17H2,1H3,(H,27,28)/t19-,20-,21?,25?. The third-order valence-corrected chi connectivity index (χ3v) is 7.58. The van der Waals surface area contributed by atoms with Gasteiger partial charge in [-0.05, 0) is 61.1 Å². The third kappa shape index (κ3) is 4.77. The van der Waals surface area contributed by atoms with Crippen LogP contribution < -0.4 is 0 Å². The Balaban J connectivity index is 1.51. The highest BCUT2D eigenvalue weighted by atomic mass is 16.4. The fraction of sp³-hybridized carbons (Fsp3) is 0.680. The molecule has 2 aliphatic carbocycles. The number of nitriles is 1. The lowest BCUT2D eigenvalue weighted by molar-refractivity contribution is -0.145. The first kappa shape index (κ1) is 20.9. The number of carboxylic acid groups (broad SMARTS) is 1. The Bertz CT molecular complexity index is 671. The van der Waals surface area contributed by atoms with E-state index in [1.54, 1.807) is 12.1 Å².